The number of thiazole rings is 1. The predicted molar refractivity (Wildman–Crippen MR) is 86.9 cm³/mol. The van der Waals surface area contributed by atoms with Crippen LogP contribution in [0.4, 0.5) is 9.52 Å². The minimum absolute atomic E-state index is 0.143. The van der Waals surface area contributed by atoms with Gasteiger partial charge in [0.05, 0.1) is 11.4 Å². The van der Waals surface area contributed by atoms with Gasteiger partial charge >= 0.3 is 0 Å². The Balaban J connectivity index is 2.11. The third-order valence-electron chi connectivity index (χ3n) is 2.71. The maximum absolute atomic E-state index is 13.0. The monoisotopic (exact) mass is 361 g/mol. The van der Waals surface area contributed by atoms with Gasteiger partial charge in [-0.05, 0) is 17.7 Å². The van der Waals surface area contributed by atoms with Crippen molar-refractivity contribution in [3.05, 3.63) is 45.2 Å². The van der Waals surface area contributed by atoms with Crippen molar-refractivity contribution >= 4 is 44.8 Å². The smallest absolute Gasteiger partial charge is 0.263 e. The molecule has 118 valence electrons. The van der Waals surface area contributed by atoms with Gasteiger partial charge in [0.1, 0.15) is 10.7 Å². The molecule has 1 unspecified atom stereocenters. The molecule has 0 saturated heterocycles. The first-order valence-electron chi connectivity index (χ1n) is 6.14. The van der Waals surface area contributed by atoms with E-state index in [0.29, 0.717) is 16.1 Å². The fraction of sp³-hybridized carbons (Fsp3) is 0.231. The molecule has 0 spiro atoms. The Hall–Kier alpha value is -1.51. The number of benzene rings is 1. The summed E-state index contributed by atoms with van der Waals surface area (Å²) < 4.78 is 24.3. The molecule has 2 rings (SSSR count). The Kier molecular flexibility index (Phi) is 5.49. The number of hydrogen-bond donors (Lipinski definition) is 2. The Morgan fingerprint density at radius 3 is 2.91 bits per heavy atom. The van der Waals surface area contributed by atoms with E-state index in [9.17, 15) is 13.4 Å². The molecule has 0 aliphatic rings. The van der Waals surface area contributed by atoms with Crippen molar-refractivity contribution in [1.29, 1.82) is 0 Å². The summed E-state index contributed by atoms with van der Waals surface area (Å²) in [6.07, 6.45) is 1.52. The Labute approximate surface area is 138 Å². The van der Waals surface area contributed by atoms with Crippen molar-refractivity contribution in [1.82, 2.24) is 10.3 Å². The number of nitrogen functional groups attached to an aromatic ring is 1. The fourth-order valence-electron chi connectivity index (χ4n) is 1.76. The molecule has 3 N–H and O–H groups in total. The number of aromatic nitrogens is 1. The first-order chi connectivity index (χ1) is 10.4. The van der Waals surface area contributed by atoms with Gasteiger partial charge < -0.3 is 11.1 Å². The second-order valence-electron chi connectivity index (χ2n) is 4.46. The number of carbonyl (C=O) groups is 1. The van der Waals surface area contributed by atoms with Crippen LogP contribution in [-0.2, 0) is 23.1 Å². The average molecular weight is 362 g/mol. The van der Waals surface area contributed by atoms with Crippen molar-refractivity contribution in [3.8, 4) is 0 Å². The quantitative estimate of drug-likeness (QED) is 0.855. The van der Waals surface area contributed by atoms with Crippen molar-refractivity contribution in [2.24, 2.45) is 0 Å². The van der Waals surface area contributed by atoms with Crippen LogP contribution in [0.15, 0.2) is 18.2 Å². The molecule has 9 heteroatoms. The predicted octanol–water partition coefficient (Wildman–Crippen LogP) is 2.33. The number of rotatable bonds is 5. The number of hydrogen-bond acceptors (Lipinski definition) is 5. The highest BCUT2D eigenvalue weighted by Crippen LogP contribution is 2.22. The van der Waals surface area contributed by atoms with Gasteiger partial charge in [-0.25, -0.2) is 9.37 Å². The summed E-state index contributed by atoms with van der Waals surface area (Å²) in [5.74, 6) is -0.661. The zero-order valence-electron chi connectivity index (χ0n) is 11.6. The molecule has 5 nitrogen and oxygen atoms in total. The van der Waals surface area contributed by atoms with E-state index in [1.807, 2.05) is 0 Å². The van der Waals surface area contributed by atoms with Crippen LogP contribution >= 0.6 is 22.9 Å². The Morgan fingerprint density at radius 2 is 2.27 bits per heavy atom. The number of nitrogens with zero attached hydrogens (tertiary/aromatic N) is 1. The van der Waals surface area contributed by atoms with Crippen molar-refractivity contribution in [2.45, 2.75) is 12.3 Å². The zero-order chi connectivity index (χ0) is 16.3. The van der Waals surface area contributed by atoms with E-state index in [2.05, 4.69) is 10.3 Å². The molecule has 1 heterocycles. The molecule has 0 fully saturated rings. The van der Waals surface area contributed by atoms with Gasteiger partial charge in [-0.2, -0.15) is 0 Å². The summed E-state index contributed by atoms with van der Waals surface area (Å²) in [6.45, 7) is 0.143. The normalized spacial score (nSPS) is 12.1. The van der Waals surface area contributed by atoms with Gasteiger partial charge in [0, 0.05) is 28.6 Å². The lowest BCUT2D eigenvalue weighted by atomic mass is 10.2. The van der Waals surface area contributed by atoms with Crippen molar-refractivity contribution in [2.75, 3.05) is 12.0 Å². The van der Waals surface area contributed by atoms with E-state index >= 15 is 0 Å². The molecule has 2 aromatic rings. The van der Waals surface area contributed by atoms with Crippen LogP contribution in [0, 0.1) is 5.82 Å². The van der Waals surface area contributed by atoms with E-state index in [0.717, 1.165) is 11.3 Å². The van der Waals surface area contributed by atoms with Crippen LogP contribution in [0.2, 0.25) is 5.02 Å². The molecule has 0 bridgehead atoms. The van der Waals surface area contributed by atoms with Crippen molar-refractivity contribution < 1.29 is 13.4 Å². The summed E-state index contributed by atoms with van der Waals surface area (Å²) in [5.41, 5.74) is 6.61. The third kappa shape index (κ3) is 4.25. The third-order valence-corrected chi connectivity index (χ3v) is 4.67. The topological polar surface area (TPSA) is 85.1 Å². The minimum Gasteiger partial charge on any atom is -0.375 e. The van der Waals surface area contributed by atoms with Crippen LogP contribution < -0.4 is 11.1 Å². The highest BCUT2D eigenvalue weighted by atomic mass is 35.5. The lowest BCUT2D eigenvalue weighted by Gasteiger charge is -2.07. The van der Waals surface area contributed by atoms with Crippen LogP contribution in [0.3, 0.4) is 0 Å². The van der Waals surface area contributed by atoms with E-state index in [1.165, 1.54) is 24.5 Å². The lowest BCUT2D eigenvalue weighted by molar-refractivity contribution is 0.0954. The van der Waals surface area contributed by atoms with Crippen LogP contribution in [0.1, 0.15) is 20.9 Å². The second kappa shape index (κ2) is 7.17. The molecular formula is C13H13ClFN3O2S2. The SMILES string of the molecule is CS(=O)Cc1nc(N)sc1C(=O)NCc1ccc(F)cc1Cl. The van der Waals surface area contributed by atoms with Crippen LogP contribution in [0.25, 0.3) is 0 Å². The molecule has 0 saturated carbocycles. The standard InChI is InChI=1S/C13H13ClFN3O2S2/c1-22(20)6-10-11(21-13(16)18-10)12(19)17-5-7-2-3-8(15)4-9(7)14/h2-4H,5-6H2,1H3,(H2,16,18)(H,17,19). The maximum Gasteiger partial charge on any atom is 0.263 e. The maximum atomic E-state index is 13.0. The average Bonchev–Trinajstić information content (AvgIpc) is 2.77. The number of nitrogens with one attached hydrogen (secondary N) is 1. The van der Waals surface area contributed by atoms with Gasteiger partial charge in [-0.3, -0.25) is 9.00 Å². The van der Waals surface area contributed by atoms with Gasteiger partial charge in [0.25, 0.3) is 5.91 Å². The molecule has 1 aromatic carbocycles. The molecule has 1 aromatic heterocycles. The van der Waals surface area contributed by atoms with Crippen LogP contribution in [0.5, 0.6) is 0 Å². The molecule has 22 heavy (non-hydrogen) atoms. The van der Waals surface area contributed by atoms with Crippen LogP contribution in [-0.4, -0.2) is 21.4 Å². The molecule has 0 radical (unpaired) electrons. The Bertz CT molecular complexity index is 736. The molecule has 0 aliphatic carbocycles. The highest BCUT2D eigenvalue weighted by molar-refractivity contribution is 7.83. The second-order valence-corrected chi connectivity index (χ2v) is 7.34. The zero-order valence-corrected chi connectivity index (χ0v) is 13.9. The van der Waals surface area contributed by atoms with Gasteiger partial charge in [-0.1, -0.05) is 29.0 Å². The van der Waals surface area contributed by atoms with Gasteiger partial charge in [-0.15, -0.1) is 0 Å². The van der Waals surface area contributed by atoms with E-state index < -0.39 is 16.6 Å². The van der Waals surface area contributed by atoms with E-state index in [4.69, 9.17) is 17.3 Å². The summed E-state index contributed by atoms with van der Waals surface area (Å²) in [7, 11) is -1.13. The van der Waals surface area contributed by atoms with Crippen molar-refractivity contribution in [3.63, 3.8) is 0 Å². The lowest BCUT2D eigenvalue weighted by Crippen LogP contribution is -2.23. The number of amides is 1. The summed E-state index contributed by atoms with van der Waals surface area (Å²) >= 11 is 6.94. The molecule has 1 amide bonds. The molecule has 1 atom stereocenters. The summed E-state index contributed by atoms with van der Waals surface area (Å²) in [5, 5.41) is 3.15. The minimum atomic E-state index is -1.13. The summed E-state index contributed by atoms with van der Waals surface area (Å²) in [4.78, 5) is 16.5. The summed E-state index contributed by atoms with van der Waals surface area (Å²) in [6, 6.07) is 3.95. The Morgan fingerprint density at radius 1 is 1.55 bits per heavy atom. The first kappa shape index (κ1) is 16.9. The molecular weight excluding hydrogens is 349 g/mol. The first-order valence-corrected chi connectivity index (χ1v) is 9.06. The largest absolute Gasteiger partial charge is 0.375 e. The number of anilines is 1. The number of nitrogens with two attached hydrogens (primary N) is 1. The number of carbonyl (C=O) groups excluding carboxylic acids is 1. The molecule has 0 aliphatic heterocycles. The van der Waals surface area contributed by atoms with Gasteiger partial charge in [0.2, 0.25) is 0 Å². The fourth-order valence-corrected chi connectivity index (χ4v) is 3.44. The number of halogens is 2. The van der Waals surface area contributed by atoms with E-state index in [1.54, 1.807) is 0 Å². The van der Waals surface area contributed by atoms with Gasteiger partial charge in [0.15, 0.2) is 5.13 Å². The highest BCUT2D eigenvalue weighted by Gasteiger charge is 2.18. The van der Waals surface area contributed by atoms with E-state index in [-0.39, 0.29) is 28.4 Å².